The topological polar surface area (TPSA) is 35.2 Å². The van der Waals surface area contributed by atoms with Crippen LogP contribution in [-0.2, 0) is 4.74 Å². The first-order chi connectivity index (χ1) is 7.66. The number of hydrogen-bond acceptors (Lipinski definition) is 3. The molecule has 0 aliphatic carbocycles. The van der Waals surface area contributed by atoms with Crippen LogP contribution in [-0.4, -0.2) is 18.5 Å². The van der Waals surface area contributed by atoms with Gasteiger partial charge in [0, 0.05) is 22.9 Å². The Morgan fingerprint density at radius 3 is 3.06 bits per heavy atom. The molecule has 88 valence electrons. The molecule has 5 heteroatoms. The van der Waals surface area contributed by atoms with Crippen LogP contribution in [0.15, 0.2) is 17.0 Å². The van der Waals surface area contributed by atoms with Crippen LogP contribution in [0, 0.1) is 5.82 Å². The summed E-state index contributed by atoms with van der Waals surface area (Å²) in [5.41, 5.74) is 6.28. The van der Waals surface area contributed by atoms with Gasteiger partial charge in [0.05, 0.1) is 11.1 Å². The van der Waals surface area contributed by atoms with Crippen molar-refractivity contribution in [3.8, 4) is 0 Å². The Hall–Kier alpha value is -0.450. The minimum atomic E-state index is -0.425. The monoisotopic (exact) mass is 261 g/mol. The predicted molar refractivity (Wildman–Crippen MR) is 65.5 cm³/mol. The molecule has 0 aromatic heterocycles. The molecule has 0 amide bonds. The minimum Gasteiger partial charge on any atom is -0.398 e. The maximum atomic E-state index is 13.2. The highest BCUT2D eigenvalue weighted by atomic mass is 35.5. The number of rotatable bonds is 3. The van der Waals surface area contributed by atoms with Crippen LogP contribution >= 0.6 is 23.4 Å². The summed E-state index contributed by atoms with van der Waals surface area (Å²) in [4.78, 5) is 0.734. The third kappa shape index (κ3) is 2.81. The van der Waals surface area contributed by atoms with E-state index in [1.807, 2.05) is 0 Å². The summed E-state index contributed by atoms with van der Waals surface area (Å²) < 4.78 is 18.7. The summed E-state index contributed by atoms with van der Waals surface area (Å²) in [6, 6.07) is 2.84. The zero-order valence-corrected chi connectivity index (χ0v) is 10.3. The van der Waals surface area contributed by atoms with E-state index in [0.717, 1.165) is 30.1 Å². The lowest BCUT2D eigenvalue weighted by Gasteiger charge is -2.10. The molecule has 0 saturated carbocycles. The fraction of sp³-hybridized carbons (Fsp3) is 0.455. The van der Waals surface area contributed by atoms with Gasteiger partial charge in [-0.05, 0) is 25.0 Å². The van der Waals surface area contributed by atoms with Crippen molar-refractivity contribution in [2.45, 2.75) is 23.8 Å². The lowest BCUT2D eigenvalue weighted by molar-refractivity contribution is 0.129. The number of nitrogen functional groups attached to an aromatic ring is 1. The minimum absolute atomic E-state index is 0.0685. The van der Waals surface area contributed by atoms with Crippen molar-refractivity contribution in [1.82, 2.24) is 0 Å². The number of anilines is 1. The predicted octanol–water partition coefficient (Wildman–Crippen LogP) is 3.33. The molecule has 1 atom stereocenters. The molecule has 1 aromatic rings. The van der Waals surface area contributed by atoms with Gasteiger partial charge in [-0.15, -0.1) is 11.8 Å². The molecular weight excluding hydrogens is 249 g/mol. The van der Waals surface area contributed by atoms with Crippen LogP contribution in [0.5, 0.6) is 0 Å². The Bertz CT molecular complexity index is 382. The second kappa shape index (κ2) is 5.25. The van der Waals surface area contributed by atoms with E-state index in [2.05, 4.69) is 0 Å². The summed E-state index contributed by atoms with van der Waals surface area (Å²) in [5, 5.41) is 0.0685. The van der Waals surface area contributed by atoms with Crippen LogP contribution in [0.25, 0.3) is 0 Å². The summed E-state index contributed by atoms with van der Waals surface area (Å²) in [7, 11) is 0. The number of benzene rings is 1. The van der Waals surface area contributed by atoms with Crippen molar-refractivity contribution in [2.24, 2.45) is 0 Å². The van der Waals surface area contributed by atoms with Crippen LogP contribution < -0.4 is 5.73 Å². The SMILES string of the molecule is Nc1cc(Cl)c(F)cc1SCC1CCCO1. The molecule has 1 saturated heterocycles. The third-order valence-corrected chi connectivity index (χ3v) is 3.99. The van der Waals surface area contributed by atoms with Gasteiger partial charge in [0.2, 0.25) is 0 Å². The van der Waals surface area contributed by atoms with Crippen LogP contribution in [0.2, 0.25) is 5.02 Å². The molecule has 1 heterocycles. The van der Waals surface area contributed by atoms with Crippen LogP contribution in [0.3, 0.4) is 0 Å². The van der Waals surface area contributed by atoms with Gasteiger partial charge in [-0.3, -0.25) is 0 Å². The lowest BCUT2D eigenvalue weighted by atomic mass is 10.3. The molecule has 1 aliphatic rings. The molecule has 0 bridgehead atoms. The van der Waals surface area contributed by atoms with E-state index >= 15 is 0 Å². The van der Waals surface area contributed by atoms with E-state index in [1.165, 1.54) is 23.9 Å². The molecule has 1 aromatic carbocycles. The number of thioether (sulfide) groups is 1. The second-order valence-electron chi connectivity index (χ2n) is 3.75. The Kier molecular flexibility index (Phi) is 3.95. The molecule has 0 radical (unpaired) electrons. The van der Waals surface area contributed by atoms with E-state index in [1.54, 1.807) is 0 Å². The van der Waals surface area contributed by atoms with Gasteiger partial charge in [-0.1, -0.05) is 11.6 Å². The first-order valence-corrected chi connectivity index (χ1v) is 6.52. The van der Waals surface area contributed by atoms with Gasteiger partial charge >= 0.3 is 0 Å². The normalized spacial score (nSPS) is 20.2. The standard InChI is InChI=1S/C11H13ClFNOS/c12-8-4-10(14)11(5-9(8)13)16-6-7-2-1-3-15-7/h4-5,7H,1-3,6,14H2. The van der Waals surface area contributed by atoms with Crippen molar-refractivity contribution < 1.29 is 9.13 Å². The number of ether oxygens (including phenoxy) is 1. The Morgan fingerprint density at radius 2 is 2.38 bits per heavy atom. The lowest BCUT2D eigenvalue weighted by Crippen LogP contribution is -2.08. The number of halogens is 2. The Morgan fingerprint density at radius 1 is 1.56 bits per heavy atom. The van der Waals surface area contributed by atoms with E-state index in [4.69, 9.17) is 22.1 Å². The van der Waals surface area contributed by atoms with Crippen molar-refractivity contribution in [1.29, 1.82) is 0 Å². The molecule has 0 spiro atoms. The van der Waals surface area contributed by atoms with Gasteiger partial charge in [0.25, 0.3) is 0 Å². The van der Waals surface area contributed by atoms with E-state index in [0.29, 0.717) is 5.69 Å². The van der Waals surface area contributed by atoms with Crippen molar-refractivity contribution >= 4 is 29.1 Å². The number of nitrogens with two attached hydrogens (primary N) is 1. The molecule has 1 fully saturated rings. The fourth-order valence-corrected chi connectivity index (χ4v) is 2.84. The van der Waals surface area contributed by atoms with Crippen molar-refractivity contribution in [2.75, 3.05) is 18.1 Å². The largest absolute Gasteiger partial charge is 0.398 e. The molecule has 16 heavy (non-hydrogen) atoms. The van der Waals surface area contributed by atoms with Crippen LogP contribution in [0.1, 0.15) is 12.8 Å². The highest BCUT2D eigenvalue weighted by molar-refractivity contribution is 7.99. The van der Waals surface area contributed by atoms with Gasteiger partial charge in [-0.2, -0.15) is 0 Å². The second-order valence-corrected chi connectivity index (χ2v) is 5.22. The van der Waals surface area contributed by atoms with Gasteiger partial charge in [0.1, 0.15) is 5.82 Å². The van der Waals surface area contributed by atoms with Gasteiger partial charge < -0.3 is 10.5 Å². The van der Waals surface area contributed by atoms with Gasteiger partial charge in [0.15, 0.2) is 0 Å². The average molecular weight is 262 g/mol. The van der Waals surface area contributed by atoms with E-state index in [9.17, 15) is 4.39 Å². The highest BCUT2D eigenvalue weighted by Gasteiger charge is 2.16. The Labute approximate surface area is 103 Å². The maximum Gasteiger partial charge on any atom is 0.143 e. The molecule has 2 nitrogen and oxygen atoms in total. The van der Waals surface area contributed by atoms with Crippen molar-refractivity contribution in [3.63, 3.8) is 0 Å². The van der Waals surface area contributed by atoms with Gasteiger partial charge in [-0.25, -0.2) is 4.39 Å². The third-order valence-electron chi connectivity index (χ3n) is 2.50. The molecule has 2 N–H and O–H groups in total. The van der Waals surface area contributed by atoms with E-state index < -0.39 is 5.82 Å². The smallest absolute Gasteiger partial charge is 0.143 e. The quantitative estimate of drug-likeness (QED) is 0.670. The summed E-state index contributed by atoms with van der Waals surface area (Å²) in [6.45, 7) is 0.829. The van der Waals surface area contributed by atoms with Crippen LogP contribution in [0.4, 0.5) is 10.1 Å². The Balaban J connectivity index is 2.00. The zero-order valence-electron chi connectivity index (χ0n) is 8.71. The highest BCUT2D eigenvalue weighted by Crippen LogP contribution is 2.31. The molecular formula is C11H13ClFNOS. The van der Waals surface area contributed by atoms with Crippen molar-refractivity contribution in [3.05, 3.63) is 23.0 Å². The fourth-order valence-electron chi connectivity index (χ4n) is 1.63. The summed E-state index contributed by atoms with van der Waals surface area (Å²) in [5.74, 6) is 0.386. The number of hydrogen-bond donors (Lipinski definition) is 1. The van der Waals surface area contributed by atoms with E-state index in [-0.39, 0.29) is 11.1 Å². The summed E-state index contributed by atoms with van der Waals surface area (Å²) in [6.07, 6.45) is 2.45. The molecule has 2 rings (SSSR count). The first-order valence-electron chi connectivity index (χ1n) is 5.16. The zero-order chi connectivity index (χ0) is 11.5. The average Bonchev–Trinajstić information content (AvgIpc) is 2.74. The molecule has 1 unspecified atom stereocenters. The first kappa shape index (κ1) is 12.0. The molecule has 1 aliphatic heterocycles. The summed E-state index contributed by atoms with van der Waals surface area (Å²) >= 11 is 7.14. The maximum absolute atomic E-state index is 13.2.